The van der Waals surface area contributed by atoms with Gasteiger partial charge >= 0.3 is 0 Å². The van der Waals surface area contributed by atoms with Gasteiger partial charge < -0.3 is 10.5 Å². The fraction of sp³-hybridized carbons (Fsp3) is 0.278. The smallest absolute Gasteiger partial charge is 0.239 e. The van der Waals surface area contributed by atoms with Crippen molar-refractivity contribution in [3.05, 3.63) is 60.2 Å². The molecule has 0 amide bonds. The molecule has 6 nitrogen and oxygen atoms in total. The Kier molecular flexibility index (Phi) is 4.20. The first-order valence-corrected chi connectivity index (χ1v) is 7.76. The van der Waals surface area contributed by atoms with E-state index < -0.39 is 0 Å². The summed E-state index contributed by atoms with van der Waals surface area (Å²) < 4.78 is 7.47. The highest BCUT2D eigenvalue weighted by atomic mass is 16.5. The fourth-order valence-electron chi connectivity index (χ4n) is 2.24. The maximum atomic E-state index is 5.85. The Morgan fingerprint density at radius 1 is 1.12 bits per heavy atom. The Hall–Kier alpha value is -2.89. The molecule has 0 fully saturated rings. The Balaban J connectivity index is 1.67. The van der Waals surface area contributed by atoms with Gasteiger partial charge in [0.1, 0.15) is 18.7 Å². The molecule has 3 aromatic rings. The maximum absolute atomic E-state index is 5.85. The van der Waals surface area contributed by atoms with Crippen molar-refractivity contribution in [1.82, 2.24) is 19.7 Å². The SMILES string of the molecule is CC(C)(C)c1cncc(COc2ccc(-n3cnc(N)n3)cc2)c1. The van der Waals surface area contributed by atoms with Crippen molar-refractivity contribution in [2.24, 2.45) is 0 Å². The molecule has 0 bridgehead atoms. The van der Waals surface area contributed by atoms with Gasteiger partial charge in [-0.15, -0.1) is 5.10 Å². The van der Waals surface area contributed by atoms with Crippen LogP contribution in [0, 0.1) is 0 Å². The first-order valence-electron chi connectivity index (χ1n) is 7.76. The van der Waals surface area contributed by atoms with E-state index in [0.29, 0.717) is 6.61 Å². The van der Waals surface area contributed by atoms with Crippen LogP contribution in [0.1, 0.15) is 31.9 Å². The minimum absolute atomic E-state index is 0.0737. The van der Waals surface area contributed by atoms with E-state index in [1.807, 2.05) is 36.7 Å². The summed E-state index contributed by atoms with van der Waals surface area (Å²) in [5.74, 6) is 1.04. The van der Waals surface area contributed by atoms with Crippen molar-refractivity contribution in [1.29, 1.82) is 0 Å². The molecule has 0 spiro atoms. The van der Waals surface area contributed by atoms with Crippen molar-refractivity contribution in [2.75, 3.05) is 5.73 Å². The van der Waals surface area contributed by atoms with E-state index in [9.17, 15) is 0 Å². The molecule has 2 heterocycles. The Labute approximate surface area is 141 Å². The van der Waals surface area contributed by atoms with E-state index in [2.05, 4.69) is 41.9 Å². The third-order valence-electron chi connectivity index (χ3n) is 3.68. The molecule has 0 unspecified atom stereocenters. The lowest BCUT2D eigenvalue weighted by Crippen LogP contribution is -2.12. The molecule has 6 heteroatoms. The summed E-state index contributed by atoms with van der Waals surface area (Å²) in [6.45, 7) is 6.99. The largest absolute Gasteiger partial charge is 0.489 e. The number of nitrogen functional groups attached to an aromatic ring is 1. The Morgan fingerprint density at radius 3 is 2.50 bits per heavy atom. The number of rotatable bonds is 4. The summed E-state index contributed by atoms with van der Waals surface area (Å²) in [7, 11) is 0. The predicted octanol–water partition coefficient (Wildman–Crippen LogP) is 3.12. The number of aromatic nitrogens is 4. The third-order valence-corrected chi connectivity index (χ3v) is 3.68. The monoisotopic (exact) mass is 323 g/mol. The number of hydrogen-bond donors (Lipinski definition) is 1. The lowest BCUT2D eigenvalue weighted by molar-refractivity contribution is 0.305. The second-order valence-electron chi connectivity index (χ2n) is 6.66. The normalized spacial score (nSPS) is 11.5. The molecule has 24 heavy (non-hydrogen) atoms. The fourth-order valence-corrected chi connectivity index (χ4v) is 2.24. The quantitative estimate of drug-likeness (QED) is 0.798. The number of hydrogen-bond acceptors (Lipinski definition) is 5. The first kappa shape index (κ1) is 16.0. The number of nitrogens with zero attached hydrogens (tertiary/aromatic N) is 4. The van der Waals surface area contributed by atoms with Crippen molar-refractivity contribution >= 4 is 5.95 Å². The van der Waals surface area contributed by atoms with Crippen LogP contribution in [-0.4, -0.2) is 19.7 Å². The number of ether oxygens (including phenoxy) is 1. The molecule has 0 saturated heterocycles. The summed E-state index contributed by atoms with van der Waals surface area (Å²) in [5.41, 5.74) is 8.73. The second-order valence-corrected chi connectivity index (χ2v) is 6.66. The molecule has 124 valence electrons. The lowest BCUT2D eigenvalue weighted by Gasteiger charge is -2.19. The molecule has 2 N–H and O–H groups in total. The number of anilines is 1. The first-order chi connectivity index (χ1) is 11.4. The highest BCUT2D eigenvalue weighted by molar-refractivity contribution is 5.37. The average Bonchev–Trinajstić information content (AvgIpc) is 2.99. The van der Waals surface area contributed by atoms with Crippen LogP contribution in [0.15, 0.2) is 49.1 Å². The second kappa shape index (κ2) is 6.31. The van der Waals surface area contributed by atoms with Crippen molar-refractivity contribution in [2.45, 2.75) is 32.8 Å². The van der Waals surface area contributed by atoms with Crippen LogP contribution in [0.2, 0.25) is 0 Å². The average molecular weight is 323 g/mol. The predicted molar refractivity (Wildman–Crippen MR) is 93.0 cm³/mol. The highest BCUT2D eigenvalue weighted by Gasteiger charge is 2.14. The lowest BCUT2D eigenvalue weighted by atomic mass is 9.88. The van der Waals surface area contributed by atoms with E-state index in [0.717, 1.165) is 17.0 Å². The number of pyridine rings is 1. The Bertz CT molecular complexity index is 818. The summed E-state index contributed by atoms with van der Waals surface area (Å²) in [4.78, 5) is 8.22. The molecule has 0 atom stereocenters. The van der Waals surface area contributed by atoms with Gasteiger partial charge in [-0.25, -0.2) is 9.67 Å². The van der Waals surface area contributed by atoms with E-state index in [4.69, 9.17) is 10.5 Å². The molecule has 0 aliphatic heterocycles. The summed E-state index contributed by atoms with van der Waals surface area (Å²) in [6.07, 6.45) is 5.32. The zero-order valence-corrected chi connectivity index (χ0v) is 14.1. The van der Waals surface area contributed by atoms with Crippen LogP contribution in [-0.2, 0) is 12.0 Å². The summed E-state index contributed by atoms with van der Waals surface area (Å²) in [6, 6.07) is 9.75. The zero-order chi connectivity index (χ0) is 17.2. The molecular formula is C18H21N5O. The van der Waals surface area contributed by atoms with E-state index in [1.165, 1.54) is 5.56 Å². The van der Waals surface area contributed by atoms with Crippen LogP contribution >= 0.6 is 0 Å². The zero-order valence-electron chi connectivity index (χ0n) is 14.1. The molecule has 0 aliphatic carbocycles. The number of benzene rings is 1. The van der Waals surface area contributed by atoms with Gasteiger partial charge in [0.25, 0.3) is 0 Å². The van der Waals surface area contributed by atoms with Crippen LogP contribution in [0.4, 0.5) is 5.95 Å². The number of nitrogens with two attached hydrogens (primary N) is 1. The summed E-state index contributed by atoms with van der Waals surface area (Å²) >= 11 is 0. The van der Waals surface area contributed by atoms with Gasteiger partial charge in [0.15, 0.2) is 0 Å². The highest BCUT2D eigenvalue weighted by Crippen LogP contribution is 2.22. The van der Waals surface area contributed by atoms with Gasteiger partial charge in [-0.1, -0.05) is 20.8 Å². The van der Waals surface area contributed by atoms with Crippen LogP contribution < -0.4 is 10.5 Å². The van der Waals surface area contributed by atoms with Gasteiger partial charge in [0.2, 0.25) is 5.95 Å². The molecule has 1 aromatic carbocycles. The van der Waals surface area contributed by atoms with E-state index in [-0.39, 0.29) is 11.4 Å². The maximum Gasteiger partial charge on any atom is 0.239 e. The van der Waals surface area contributed by atoms with Crippen LogP contribution in [0.25, 0.3) is 5.69 Å². The summed E-state index contributed by atoms with van der Waals surface area (Å²) in [5, 5.41) is 4.07. The van der Waals surface area contributed by atoms with Crippen molar-refractivity contribution < 1.29 is 4.74 Å². The Morgan fingerprint density at radius 2 is 1.88 bits per heavy atom. The standard InChI is InChI=1S/C18H21N5O/c1-18(2,3)14-8-13(9-20-10-14)11-24-16-6-4-15(5-7-16)23-12-21-17(19)22-23/h4-10,12H,11H2,1-3H3,(H2,19,22). The van der Waals surface area contributed by atoms with Gasteiger partial charge in [0, 0.05) is 18.0 Å². The van der Waals surface area contributed by atoms with Gasteiger partial charge in [0.05, 0.1) is 5.69 Å². The molecule has 3 rings (SSSR count). The van der Waals surface area contributed by atoms with E-state index in [1.54, 1.807) is 11.0 Å². The molecule has 0 aliphatic rings. The minimum atomic E-state index is 0.0737. The minimum Gasteiger partial charge on any atom is -0.489 e. The molecular weight excluding hydrogens is 302 g/mol. The van der Waals surface area contributed by atoms with Gasteiger partial charge in [-0.2, -0.15) is 0 Å². The van der Waals surface area contributed by atoms with Crippen LogP contribution in [0.5, 0.6) is 5.75 Å². The molecule has 2 aromatic heterocycles. The third kappa shape index (κ3) is 3.71. The topological polar surface area (TPSA) is 78.8 Å². The van der Waals surface area contributed by atoms with Crippen molar-refractivity contribution in [3.8, 4) is 11.4 Å². The van der Waals surface area contributed by atoms with Gasteiger partial charge in [-0.3, -0.25) is 4.98 Å². The molecule has 0 saturated carbocycles. The van der Waals surface area contributed by atoms with E-state index >= 15 is 0 Å². The molecule has 0 radical (unpaired) electrons. The van der Waals surface area contributed by atoms with Gasteiger partial charge in [-0.05, 0) is 41.3 Å². The van der Waals surface area contributed by atoms with Crippen molar-refractivity contribution in [3.63, 3.8) is 0 Å². The van der Waals surface area contributed by atoms with Crippen LogP contribution in [0.3, 0.4) is 0 Å².